The third-order valence-corrected chi connectivity index (χ3v) is 8.67. The fourth-order valence-electron chi connectivity index (χ4n) is 5.95. The summed E-state index contributed by atoms with van der Waals surface area (Å²) in [5.74, 6) is -2.97. The van der Waals surface area contributed by atoms with Gasteiger partial charge in [-0.2, -0.15) is 5.10 Å². The van der Waals surface area contributed by atoms with E-state index in [0.29, 0.717) is 25.7 Å². The number of amides is 2. The van der Waals surface area contributed by atoms with Gasteiger partial charge in [-0.1, -0.05) is 23.7 Å². The van der Waals surface area contributed by atoms with Crippen LogP contribution in [0.1, 0.15) is 41.3 Å². The number of anilines is 2. The van der Waals surface area contributed by atoms with Gasteiger partial charge in [0.1, 0.15) is 5.82 Å². The Morgan fingerprint density at radius 3 is 2.56 bits per heavy atom. The van der Waals surface area contributed by atoms with Crippen LogP contribution in [0.15, 0.2) is 36.5 Å². The Morgan fingerprint density at radius 1 is 1.17 bits per heavy atom. The van der Waals surface area contributed by atoms with Crippen LogP contribution in [0, 0.1) is 17.5 Å². The van der Waals surface area contributed by atoms with Gasteiger partial charge in [0, 0.05) is 61.9 Å². The molecule has 8 nitrogen and oxygen atoms in total. The molecule has 1 saturated carbocycles. The number of fused-ring (bicyclic) bond motifs is 1. The molecule has 2 amide bonds. The lowest BCUT2D eigenvalue weighted by atomic mass is 9.70. The second kappa shape index (κ2) is 10.1. The summed E-state index contributed by atoms with van der Waals surface area (Å²) in [6.07, 6.45) is 3.21. The molecule has 1 aliphatic carbocycles. The largest absolute Gasteiger partial charge is 0.377 e. The Balaban J connectivity index is 1.32. The highest BCUT2D eigenvalue weighted by molar-refractivity contribution is 6.30. The minimum absolute atomic E-state index is 0.00123. The maximum absolute atomic E-state index is 16.4. The number of likely N-dealkylation sites (N-methyl/N-ethyl adjacent to an activating group) is 1. The zero-order valence-electron chi connectivity index (χ0n) is 22.9. The standard InChI is InChI=1S/C29H30ClF3N6O2/c1-29(19-5-4-6-20(30)25(19)32)15-39(27-21(31)13-36(2)35-27)28(41)18-9-10-22(26(33)24(18)29)34-16-11-38(12-16)14-23(40)37(3)17-7-8-17/h4-6,9-10,13,16-17,34H,7-8,11-12,14-15H2,1-3H3. The van der Waals surface area contributed by atoms with Crippen LogP contribution in [-0.4, -0.2) is 76.7 Å². The summed E-state index contributed by atoms with van der Waals surface area (Å²) in [5.41, 5.74) is -1.22. The van der Waals surface area contributed by atoms with Crippen molar-refractivity contribution in [3.05, 3.63) is 75.7 Å². The number of carbonyl (C=O) groups excluding carboxylic acids is 2. The molecule has 216 valence electrons. The molecule has 2 aromatic carbocycles. The third kappa shape index (κ3) is 4.74. The number of benzene rings is 2. The van der Waals surface area contributed by atoms with Crippen LogP contribution in [0.25, 0.3) is 0 Å². The van der Waals surface area contributed by atoms with Crippen LogP contribution in [0.2, 0.25) is 5.02 Å². The van der Waals surface area contributed by atoms with Crippen LogP contribution in [0.3, 0.4) is 0 Å². The van der Waals surface area contributed by atoms with Crippen molar-refractivity contribution in [2.45, 2.75) is 37.3 Å². The van der Waals surface area contributed by atoms with Gasteiger partial charge in [0.2, 0.25) is 5.91 Å². The number of hydrogen-bond acceptors (Lipinski definition) is 5. The summed E-state index contributed by atoms with van der Waals surface area (Å²) in [7, 11) is 3.34. The van der Waals surface area contributed by atoms with Gasteiger partial charge in [0.05, 0.1) is 29.5 Å². The van der Waals surface area contributed by atoms with Crippen molar-refractivity contribution in [3.8, 4) is 0 Å². The van der Waals surface area contributed by atoms with E-state index in [0.717, 1.165) is 23.9 Å². The quantitative estimate of drug-likeness (QED) is 0.450. The van der Waals surface area contributed by atoms with Crippen molar-refractivity contribution in [2.75, 3.05) is 43.4 Å². The van der Waals surface area contributed by atoms with E-state index in [1.807, 2.05) is 11.9 Å². The Bertz CT molecular complexity index is 1550. The molecule has 0 radical (unpaired) electrons. The van der Waals surface area contributed by atoms with Gasteiger partial charge in [-0.25, -0.2) is 13.2 Å². The number of likely N-dealkylation sites (tertiary alicyclic amines) is 1. The molecule has 0 spiro atoms. The first-order valence-electron chi connectivity index (χ1n) is 13.5. The molecule has 1 aromatic heterocycles. The summed E-state index contributed by atoms with van der Waals surface area (Å²) in [4.78, 5) is 31.0. The number of aromatic nitrogens is 2. The molecule has 12 heteroatoms. The number of aryl methyl sites for hydroxylation is 1. The Morgan fingerprint density at radius 2 is 1.90 bits per heavy atom. The number of nitrogens with one attached hydrogen (secondary N) is 1. The lowest BCUT2D eigenvalue weighted by Crippen LogP contribution is -2.57. The number of rotatable bonds is 7. The number of hydrogen-bond donors (Lipinski definition) is 1. The van der Waals surface area contributed by atoms with Crippen molar-refractivity contribution in [3.63, 3.8) is 0 Å². The van der Waals surface area contributed by atoms with E-state index >= 15 is 8.78 Å². The maximum Gasteiger partial charge on any atom is 0.260 e. The van der Waals surface area contributed by atoms with Gasteiger partial charge < -0.3 is 10.2 Å². The summed E-state index contributed by atoms with van der Waals surface area (Å²) < 4.78 is 47.9. The topological polar surface area (TPSA) is 73.7 Å². The second-order valence-electron chi connectivity index (χ2n) is 11.4. The lowest BCUT2D eigenvalue weighted by molar-refractivity contribution is -0.132. The molecule has 6 rings (SSSR count). The van der Waals surface area contributed by atoms with Crippen molar-refractivity contribution in [2.24, 2.45) is 7.05 Å². The summed E-state index contributed by atoms with van der Waals surface area (Å²) in [5, 5.41) is 7.13. The monoisotopic (exact) mass is 586 g/mol. The van der Waals surface area contributed by atoms with Crippen LogP contribution in [0.4, 0.5) is 24.7 Å². The van der Waals surface area contributed by atoms with Crippen molar-refractivity contribution in [1.29, 1.82) is 0 Å². The second-order valence-corrected chi connectivity index (χ2v) is 11.8. The summed E-state index contributed by atoms with van der Waals surface area (Å²) >= 11 is 6.12. The Hall–Kier alpha value is -3.57. The molecule has 1 N–H and O–H groups in total. The molecule has 2 aliphatic heterocycles. The van der Waals surface area contributed by atoms with E-state index in [1.165, 1.54) is 36.0 Å². The minimum Gasteiger partial charge on any atom is -0.377 e. The summed E-state index contributed by atoms with van der Waals surface area (Å²) in [6, 6.07) is 7.60. The van der Waals surface area contributed by atoms with Crippen LogP contribution < -0.4 is 10.2 Å². The van der Waals surface area contributed by atoms with Gasteiger partial charge in [-0.3, -0.25) is 24.1 Å². The molecule has 1 saturated heterocycles. The van der Waals surface area contributed by atoms with Crippen molar-refractivity contribution >= 4 is 34.9 Å². The molecule has 2 fully saturated rings. The zero-order valence-corrected chi connectivity index (χ0v) is 23.7. The smallest absolute Gasteiger partial charge is 0.260 e. The van der Waals surface area contributed by atoms with E-state index < -0.39 is 28.8 Å². The first-order valence-corrected chi connectivity index (χ1v) is 13.9. The number of carbonyl (C=O) groups is 2. The van der Waals surface area contributed by atoms with E-state index in [-0.39, 0.29) is 51.7 Å². The van der Waals surface area contributed by atoms with E-state index in [9.17, 15) is 14.0 Å². The Kier molecular flexibility index (Phi) is 6.77. The maximum atomic E-state index is 16.4. The summed E-state index contributed by atoms with van der Waals surface area (Å²) in [6.45, 7) is 2.75. The Labute approximate surface area is 240 Å². The van der Waals surface area contributed by atoms with Crippen LogP contribution >= 0.6 is 11.6 Å². The molecule has 1 unspecified atom stereocenters. The van der Waals surface area contributed by atoms with Crippen LogP contribution in [0.5, 0.6) is 0 Å². The molecular formula is C29H30ClF3N6O2. The fourth-order valence-corrected chi connectivity index (χ4v) is 6.12. The highest BCUT2D eigenvalue weighted by Crippen LogP contribution is 2.45. The fraction of sp³-hybridized carbons (Fsp3) is 0.414. The van der Waals surface area contributed by atoms with Gasteiger partial charge in [0.15, 0.2) is 17.5 Å². The normalized spacial score (nSPS) is 21.0. The highest BCUT2D eigenvalue weighted by atomic mass is 35.5. The number of nitrogens with zero attached hydrogens (tertiary/aromatic N) is 5. The predicted molar refractivity (Wildman–Crippen MR) is 149 cm³/mol. The van der Waals surface area contributed by atoms with E-state index in [2.05, 4.69) is 10.4 Å². The minimum atomic E-state index is -1.44. The van der Waals surface area contributed by atoms with Crippen molar-refractivity contribution < 1.29 is 22.8 Å². The molecule has 1 atom stereocenters. The number of halogens is 4. The van der Waals surface area contributed by atoms with Crippen molar-refractivity contribution in [1.82, 2.24) is 19.6 Å². The molecule has 41 heavy (non-hydrogen) atoms. The lowest BCUT2D eigenvalue weighted by Gasteiger charge is -2.43. The molecule has 0 bridgehead atoms. The molecule has 3 aromatic rings. The zero-order chi connectivity index (χ0) is 29.2. The highest BCUT2D eigenvalue weighted by Gasteiger charge is 2.47. The van der Waals surface area contributed by atoms with Gasteiger partial charge in [0.25, 0.3) is 5.91 Å². The van der Waals surface area contributed by atoms with E-state index in [1.54, 1.807) is 17.9 Å². The molecule has 3 aliphatic rings. The van der Waals surface area contributed by atoms with Gasteiger partial charge >= 0.3 is 0 Å². The van der Waals surface area contributed by atoms with Crippen LogP contribution in [-0.2, 0) is 17.3 Å². The third-order valence-electron chi connectivity index (χ3n) is 8.38. The first kappa shape index (κ1) is 27.6. The average Bonchev–Trinajstić information content (AvgIpc) is 3.70. The predicted octanol–water partition coefficient (Wildman–Crippen LogP) is 4.17. The van der Waals surface area contributed by atoms with Gasteiger partial charge in [-0.15, -0.1) is 0 Å². The first-order chi connectivity index (χ1) is 19.5. The SMILES string of the molecule is CN(C(=O)CN1CC(Nc2ccc3c(c2F)C(C)(c2cccc(Cl)c2F)CN(c2nn(C)cc2F)C3=O)C1)C1CC1. The van der Waals surface area contributed by atoms with E-state index in [4.69, 9.17) is 11.6 Å². The average molecular weight is 587 g/mol. The molecule has 3 heterocycles. The molecular weight excluding hydrogens is 557 g/mol. The van der Waals surface area contributed by atoms with Gasteiger partial charge in [-0.05, 0) is 38.0 Å².